The molecule has 6 atom stereocenters. The summed E-state index contributed by atoms with van der Waals surface area (Å²) in [5.74, 6) is -7.43. The van der Waals surface area contributed by atoms with Gasteiger partial charge in [-0.1, -0.05) is 53.1 Å². The topological polar surface area (TPSA) is 129 Å². The Balaban J connectivity index is 1.47. The quantitative estimate of drug-likeness (QED) is 0.213. The maximum Gasteiger partial charge on any atom is 0.417 e. The third-order valence-corrected chi connectivity index (χ3v) is 11.3. The molecule has 2 aliphatic heterocycles. The number of rotatable bonds is 5. The zero-order valence-corrected chi connectivity index (χ0v) is 29.8. The van der Waals surface area contributed by atoms with Crippen LogP contribution >= 0.6 is 23.2 Å². The molecule has 52 heavy (non-hydrogen) atoms. The van der Waals surface area contributed by atoms with Crippen molar-refractivity contribution in [2.75, 3.05) is 12.5 Å². The number of benzene rings is 2. The van der Waals surface area contributed by atoms with Crippen molar-refractivity contribution < 1.29 is 42.2 Å². The van der Waals surface area contributed by atoms with Gasteiger partial charge < -0.3 is 9.84 Å². The van der Waals surface area contributed by atoms with Gasteiger partial charge >= 0.3 is 6.18 Å². The maximum atomic E-state index is 15.3. The fourth-order valence-corrected chi connectivity index (χ4v) is 9.09. The molecule has 7 rings (SSSR count). The zero-order valence-electron chi connectivity index (χ0n) is 28.3. The highest BCUT2D eigenvalue weighted by atomic mass is 35.5. The van der Waals surface area contributed by atoms with Crippen molar-refractivity contribution >= 4 is 52.6 Å². The van der Waals surface area contributed by atoms with Crippen LogP contribution in [-0.2, 0) is 30.8 Å². The molecular weight excluding hydrogens is 724 g/mol. The van der Waals surface area contributed by atoms with Gasteiger partial charge in [0.2, 0.25) is 11.8 Å². The average molecular weight is 758 g/mol. The second-order valence-electron chi connectivity index (χ2n) is 14.5. The van der Waals surface area contributed by atoms with Crippen molar-refractivity contribution in [3.63, 3.8) is 0 Å². The lowest BCUT2D eigenvalue weighted by atomic mass is 9.49. The summed E-state index contributed by atoms with van der Waals surface area (Å²) in [4.78, 5) is 63.2. The monoisotopic (exact) mass is 756 g/mol. The van der Waals surface area contributed by atoms with Crippen LogP contribution in [0.3, 0.4) is 0 Å². The number of aromatic nitrogens is 1. The molecule has 0 bridgehead atoms. The first-order valence-electron chi connectivity index (χ1n) is 16.5. The Labute approximate surface area is 306 Å². The second kappa shape index (κ2) is 12.2. The number of methoxy groups -OCH3 is 1. The minimum atomic E-state index is -4.75. The third-order valence-electron chi connectivity index (χ3n) is 10.8. The molecule has 3 heterocycles. The fraction of sp³-hybridized carbons (Fsp3) is 0.378. The zero-order chi connectivity index (χ0) is 37.7. The molecular formula is C37H33Cl2F3N4O6. The van der Waals surface area contributed by atoms with Crippen LogP contribution in [0.25, 0.3) is 0 Å². The molecule has 1 aromatic heterocycles. The van der Waals surface area contributed by atoms with Gasteiger partial charge in [-0.05, 0) is 75.4 Å². The third kappa shape index (κ3) is 5.18. The molecule has 2 saturated heterocycles. The van der Waals surface area contributed by atoms with Gasteiger partial charge in [0.1, 0.15) is 11.5 Å². The largest absolute Gasteiger partial charge is 0.508 e. The Bertz CT molecular complexity index is 2070. The molecule has 4 amide bonds. The van der Waals surface area contributed by atoms with Crippen LogP contribution in [0.2, 0.25) is 10.0 Å². The summed E-state index contributed by atoms with van der Waals surface area (Å²) in [6, 6.07) is 11.5. The standard InChI is InChI=1S/C37H33Cl2F3N4O6/c1-35(2,3)45-31(48)21-13-12-20-22(27(21)33(45)50)15-23-32(49)46(44-30-24(39)14-18(16-43-30)37(40,41)42)34(51)36(23,17-8-10-19(38)11-9-17)29(20)28-25(47)6-5-7-26(28)52-4/h5-12,14,16,21-23,27,29,47H,13,15H2,1-4H3,(H,43,44)/t21-,22+,23-,27-,29+,36+/m0/s1. The summed E-state index contributed by atoms with van der Waals surface area (Å²) in [5, 5.41) is 12.1. The van der Waals surface area contributed by atoms with Crippen LogP contribution in [-0.4, -0.2) is 56.3 Å². The Kier molecular flexibility index (Phi) is 8.41. The minimum Gasteiger partial charge on any atom is -0.508 e. The SMILES string of the molecule is COc1cccc(O)c1[C@H]1C2=CC[C@@H]3C(=O)N(C(C)(C)C)C(=O)[C@@H]3[C@@H]2C[C@H]2C(=O)N(Nc3ncc(C(F)(F)F)cc3Cl)C(=O)[C@@]12c1ccc(Cl)cc1. The number of fused-ring (bicyclic) bond motifs is 4. The van der Waals surface area contributed by atoms with Gasteiger partial charge in [0, 0.05) is 28.2 Å². The van der Waals surface area contributed by atoms with Crippen LogP contribution in [0.5, 0.6) is 11.5 Å². The number of imide groups is 2. The van der Waals surface area contributed by atoms with Gasteiger partial charge in [0.05, 0.1) is 40.9 Å². The first kappa shape index (κ1) is 35.8. The van der Waals surface area contributed by atoms with Crippen molar-refractivity contribution in [2.45, 2.75) is 56.7 Å². The molecule has 1 saturated carbocycles. The fourth-order valence-electron chi connectivity index (χ4n) is 8.76. The van der Waals surface area contributed by atoms with E-state index < -0.39 is 75.0 Å². The van der Waals surface area contributed by atoms with Gasteiger partial charge in [0.15, 0.2) is 5.82 Å². The summed E-state index contributed by atoms with van der Waals surface area (Å²) in [7, 11) is 1.39. The lowest BCUT2D eigenvalue weighted by Gasteiger charge is -2.50. The maximum absolute atomic E-state index is 15.3. The molecule has 2 aliphatic carbocycles. The number of carbonyl (C=O) groups excluding carboxylic acids is 4. The molecule has 4 aliphatic rings. The summed E-state index contributed by atoms with van der Waals surface area (Å²) in [6.07, 6.45) is -2.29. The van der Waals surface area contributed by atoms with E-state index in [1.165, 1.54) is 18.1 Å². The van der Waals surface area contributed by atoms with E-state index in [9.17, 15) is 32.7 Å². The highest BCUT2D eigenvalue weighted by Gasteiger charge is 2.71. The number of halogens is 5. The number of hydrogen-bond acceptors (Lipinski definition) is 8. The first-order chi connectivity index (χ1) is 24.4. The van der Waals surface area contributed by atoms with E-state index in [-0.39, 0.29) is 41.6 Å². The normalized spacial score (nSPS) is 27.3. The van der Waals surface area contributed by atoms with Gasteiger partial charge in [-0.2, -0.15) is 18.2 Å². The summed E-state index contributed by atoms with van der Waals surface area (Å²) in [5.41, 5.74) is -0.113. The van der Waals surface area contributed by atoms with Crippen molar-refractivity contribution in [3.8, 4) is 11.5 Å². The smallest absolute Gasteiger partial charge is 0.417 e. The molecule has 272 valence electrons. The number of aromatic hydroxyl groups is 1. The lowest BCUT2D eigenvalue weighted by Crippen LogP contribution is -2.53. The summed E-state index contributed by atoms with van der Waals surface area (Å²) < 4.78 is 46.1. The number of hydrogen-bond donors (Lipinski definition) is 2. The number of anilines is 1. The van der Waals surface area contributed by atoms with E-state index in [2.05, 4.69) is 10.4 Å². The Morgan fingerprint density at radius 1 is 0.981 bits per heavy atom. The van der Waals surface area contributed by atoms with Crippen LogP contribution in [0.1, 0.15) is 56.2 Å². The first-order valence-corrected chi connectivity index (χ1v) is 17.3. The van der Waals surface area contributed by atoms with Crippen LogP contribution < -0.4 is 10.2 Å². The number of pyridine rings is 1. The van der Waals surface area contributed by atoms with Crippen molar-refractivity contribution in [2.24, 2.45) is 23.7 Å². The number of carbonyl (C=O) groups is 4. The summed E-state index contributed by atoms with van der Waals surface area (Å²) >= 11 is 12.5. The number of phenolic OH excluding ortho intramolecular Hbond substituents is 1. The van der Waals surface area contributed by atoms with Gasteiger partial charge in [-0.25, -0.2) is 4.98 Å². The van der Waals surface area contributed by atoms with Gasteiger partial charge in [0.25, 0.3) is 11.8 Å². The number of alkyl halides is 3. The van der Waals surface area contributed by atoms with Crippen LogP contribution in [0, 0.1) is 23.7 Å². The van der Waals surface area contributed by atoms with E-state index in [4.69, 9.17) is 27.9 Å². The van der Waals surface area contributed by atoms with Crippen molar-refractivity contribution in [3.05, 3.63) is 93.1 Å². The molecule has 0 radical (unpaired) electrons. The number of likely N-dealkylation sites (tertiary alicyclic amines) is 1. The predicted octanol–water partition coefficient (Wildman–Crippen LogP) is 6.90. The van der Waals surface area contributed by atoms with E-state index in [1.54, 1.807) is 57.2 Å². The molecule has 0 unspecified atom stereocenters. The van der Waals surface area contributed by atoms with Crippen LogP contribution in [0.15, 0.2) is 66.4 Å². The minimum absolute atomic E-state index is 0.0596. The highest BCUT2D eigenvalue weighted by Crippen LogP contribution is 2.66. The molecule has 15 heteroatoms. The van der Waals surface area contributed by atoms with E-state index in [0.717, 1.165) is 0 Å². The number of nitrogens with zero attached hydrogens (tertiary/aromatic N) is 3. The molecule has 2 N–H and O–H groups in total. The van der Waals surface area contributed by atoms with E-state index in [0.29, 0.717) is 33.4 Å². The molecule has 0 spiro atoms. The van der Waals surface area contributed by atoms with Crippen LogP contribution in [0.4, 0.5) is 19.0 Å². The second-order valence-corrected chi connectivity index (χ2v) is 15.3. The van der Waals surface area contributed by atoms with Crippen molar-refractivity contribution in [1.82, 2.24) is 14.9 Å². The van der Waals surface area contributed by atoms with Gasteiger partial charge in [-0.15, -0.1) is 0 Å². The molecule has 2 aromatic carbocycles. The number of hydrazine groups is 1. The molecule has 3 aromatic rings. The highest BCUT2D eigenvalue weighted by molar-refractivity contribution is 6.33. The molecule has 10 nitrogen and oxygen atoms in total. The average Bonchev–Trinajstić information content (AvgIpc) is 3.46. The lowest BCUT2D eigenvalue weighted by molar-refractivity contribution is -0.146. The van der Waals surface area contributed by atoms with Gasteiger partial charge in [-0.3, -0.25) is 29.5 Å². The molecule has 3 fully saturated rings. The number of ether oxygens (including phenoxy) is 1. The van der Waals surface area contributed by atoms with E-state index >= 15 is 4.79 Å². The van der Waals surface area contributed by atoms with E-state index in [1.807, 2.05) is 6.08 Å². The number of phenols is 1. The number of allylic oxidation sites excluding steroid dienone is 2. The summed E-state index contributed by atoms with van der Waals surface area (Å²) in [6.45, 7) is 5.29. The predicted molar refractivity (Wildman–Crippen MR) is 183 cm³/mol. The Morgan fingerprint density at radius 2 is 1.67 bits per heavy atom. The number of nitrogens with one attached hydrogen (secondary N) is 1. The Hall–Kier alpha value is -4.62. The number of amides is 4. The Morgan fingerprint density at radius 3 is 2.29 bits per heavy atom. The van der Waals surface area contributed by atoms with Crippen molar-refractivity contribution in [1.29, 1.82) is 0 Å².